The third-order valence-corrected chi connectivity index (χ3v) is 2.17. The molecule has 78 valence electrons. The number of methoxy groups -OCH3 is 1. The molecule has 1 heterocycles. The number of hydrogen-bond acceptors (Lipinski definition) is 4. The number of carbonyl (C=O) groups excluding carboxylic acids is 2. The van der Waals surface area contributed by atoms with Gasteiger partial charge in [0.15, 0.2) is 0 Å². The smallest absolute Gasteiger partial charge is 0.326 e. The van der Waals surface area contributed by atoms with Gasteiger partial charge in [-0.05, 0) is 6.92 Å². The van der Waals surface area contributed by atoms with Crippen LogP contribution in [0.25, 0.3) is 0 Å². The fraction of sp³-hybridized carbons (Fsp3) is 0.625. The molecule has 1 unspecified atom stereocenters. The van der Waals surface area contributed by atoms with Crippen molar-refractivity contribution in [2.24, 2.45) is 0 Å². The van der Waals surface area contributed by atoms with Crippen LogP contribution in [0.1, 0.15) is 13.3 Å². The number of rotatable bonds is 3. The van der Waals surface area contributed by atoms with E-state index >= 15 is 0 Å². The Balaban J connectivity index is 2.85. The zero-order valence-electron chi connectivity index (χ0n) is 7.89. The van der Waals surface area contributed by atoms with Gasteiger partial charge in [-0.25, -0.2) is 4.79 Å². The molecule has 1 rings (SSSR count). The fourth-order valence-corrected chi connectivity index (χ4v) is 1.32. The van der Waals surface area contributed by atoms with Gasteiger partial charge in [0.1, 0.15) is 12.1 Å². The molecular weight excluding hydrogens is 190 g/mol. The molecule has 0 spiro atoms. The van der Waals surface area contributed by atoms with Crippen LogP contribution in [0.15, 0.2) is 0 Å². The first-order valence-corrected chi connectivity index (χ1v) is 4.10. The minimum absolute atomic E-state index is 0.0764. The van der Waals surface area contributed by atoms with Crippen molar-refractivity contribution in [1.82, 2.24) is 4.90 Å². The van der Waals surface area contributed by atoms with Crippen LogP contribution in [0.4, 0.5) is 0 Å². The first kappa shape index (κ1) is 10.6. The Kier molecular flexibility index (Phi) is 2.85. The van der Waals surface area contributed by atoms with E-state index in [0.29, 0.717) is 0 Å². The molecule has 1 aliphatic rings. The lowest BCUT2D eigenvalue weighted by Crippen LogP contribution is -2.44. The van der Waals surface area contributed by atoms with Gasteiger partial charge in [-0.1, -0.05) is 0 Å². The summed E-state index contributed by atoms with van der Waals surface area (Å²) < 4.78 is 4.75. The number of imide groups is 1. The Morgan fingerprint density at radius 3 is 2.57 bits per heavy atom. The molecule has 1 saturated heterocycles. The number of carboxylic acids is 1. The maximum absolute atomic E-state index is 11.4. The van der Waals surface area contributed by atoms with Crippen LogP contribution in [-0.2, 0) is 19.1 Å². The molecule has 0 saturated carbocycles. The van der Waals surface area contributed by atoms with Crippen LogP contribution in [0.5, 0.6) is 0 Å². The van der Waals surface area contributed by atoms with Crippen LogP contribution in [0.3, 0.4) is 0 Å². The highest BCUT2D eigenvalue weighted by Gasteiger charge is 2.43. The molecule has 0 aromatic carbocycles. The van der Waals surface area contributed by atoms with Gasteiger partial charge in [-0.15, -0.1) is 0 Å². The number of nitrogens with zero attached hydrogens (tertiary/aromatic N) is 1. The maximum atomic E-state index is 11.4. The number of ether oxygens (including phenoxy) is 1. The number of aliphatic carboxylic acids is 1. The Morgan fingerprint density at radius 1 is 1.64 bits per heavy atom. The number of carbonyl (C=O) groups is 3. The molecule has 0 aromatic rings. The Morgan fingerprint density at radius 2 is 2.21 bits per heavy atom. The standard InChI is InChI=1S/C8H11NO5/c1-4(8(12)13)9-6(10)3-5(14-2)7(9)11/h4-5H,3H2,1-2H3,(H,12,13)/t4-,5?/m0/s1. The summed E-state index contributed by atoms with van der Waals surface area (Å²) in [5.41, 5.74) is 0. The average molecular weight is 201 g/mol. The first-order chi connectivity index (χ1) is 6.49. The minimum Gasteiger partial charge on any atom is -0.480 e. The summed E-state index contributed by atoms with van der Waals surface area (Å²) in [5.74, 6) is -2.28. The summed E-state index contributed by atoms with van der Waals surface area (Å²) in [6, 6.07) is -1.13. The third-order valence-electron chi connectivity index (χ3n) is 2.17. The molecule has 6 nitrogen and oxygen atoms in total. The summed E-state index contributed by atoms with van der Waals surface area (Å²) in [6.07, 6.45) is -0.906. The summed E-state index contributed by atoms with van der Waals surface area (Å²) >= 11 is 0. The Bertz CT molecular complexity index is 287. The molecular formula is C8H11NO5. The minimum atomic E-state index is -1.21. The number of likely N-dealkylation sites (tertiary alicyclic amines) is 1. The van der Waals surface area contributed by atoms with E-state index in [-0.39, 0.29) is 6.42 Å². The van der Waals surface area contributed by atoms with Gasteiger partial charge in [0.2, 0.25) is 5.91 Å². The first-order valence-electron chi connectivity index (χ1n) is 4.10. The highest BCUT2D eigenvalue weighted by atomic mass is 16.5. The largest absolute Gasteiger partial charge is 0.480 e. The predicted octanol–water partition coefficient (Wildman–Crippen LogP) is -0.767. The van der Waals surface area contributed by atoms with Crippen LogP contribution in [-0.4, -0.2) is 47.0 Å². The van der Waals surface area contributed by atoms with Gasteiger partial charge in [0.25, 0.3) is 5.91 Å². The summed E-state index contributed by atoms with van der Waals surface area (Å²) in [6.45, 7) is 1.29. The van der Waals surface area contributed by atoms with Crippen molar-refractivity contribution >= 4 is 17.8 Å². The van der Waals surface area contributed by atoms with E-state index in [1.807, 2.05) is 0 Å². The predicted molar refractivity (Wildman–Crippen MR) is 44.4 cm³/mol. The van der Waals surface area contributed by atoms with Crippen LogP contribution in [0.2, 0.25) is 0 Å². The summed E-state index contributed by atoms with van der Waals surface area (Å²) in [7, 11) is 1.31. The quantitative estimate of drug-likeness (QED) is 0.606. The summed E-state index contributed by atoms with van der Waals surface area (Å²) in [4.78, 5) is 34.0. The fourth-order valence-electron chi connectivity index (χ4n) is 1.32. The van der Waals surface area contributed by atoms with Crippen LogP contribution < -0.4 is 0 Å². The molecule has 0 aliphatic carbocycles. The Labute approximate surface area is 80.4 Å². The lowest BCUT2D eigenvalue weighted by molar-refractivity contribution is -0.154. The average Bonchev–Trinajstić information content (AvgIpc) is 2.40. The second-order valence-corrected chi connectivity index (χ2v) is 3.04. The lowest BCUT2D eigenvalue weighted by atomic mass is 10.3. The number of hydrogen-bond donors (Lipinski definition) is 1. The molecule has 1 N–H and O–H groups in total. The van der Waals surface area contributed by atoms with Crippen molar-refractivity contribution in [3.8, 4) is 0 Å². The lowest BCUT2D eigenvalue weighted by Gasteiger charge is -2.18. The Hall–Kier alpha value is -1.43. The number of carboxylic acid groups (broad SMARTS) is 1. The van der Waals surface area contributed by atoms with E-state index < -0.39 is 29.9 Å². The van der Waals surface area contributed by atoms with Crippen molar-refractivity contribution in [2.75, 3.05) is 7.11 Å². The molecule has 1 aliphatic heterocycles. The van der Waals surface area contributed by atoms with Crippen molar-refractivity contribution in [2.45, 2.75) is 25.5 Å². The molecule has 0 radical (unpaired) electrons. The van der Waals surface area contributed by atoms with Gasteiger partial charge in [0, 0.05) is 7.11 Å². The van der Waals surface area contributed by atoms with Crippen molar-refractivity contribution in [3.63, 3.8) is 0 Å². The van der Waals surface area contributed by atoms with Crippen molar-refractivity contribution < 1.29 is 24.2 Å². The van der Waals surface area contributed by atoms with Crippen molar-refractivity contribution in [3.05, 3.63) is 0 Å². The molecule has 1 fully saturated rings. The molecule has 2 atom stereocenters. The van der Waals surface area contributed by atoms with Crippen LogP contribution in [0, 0.1) is 0 Å². The third kappa shape index (κ3) is 1.60. The zero-order valence-corrected chi connectivity index (χ0v) is 7.89. The van der Waals surface area contributed by atoms with Crippen LogP contribution >= 0.6 is 0 Å². The van der Waals surface area contributed by atoms with Gasteiger partial charge in [-0.2, -0.15) is 0 Å². The van der Waals surface area contributed by atoms with E-state index in [2.05, 4.69) is 0 Å². The van der Waals surface area contributed by atoms with E-state index in [4.69, 9.17) is 9.84 Å². The maximum Gasteiger partial charge on any atom is 0.326 e. The van der Waals surface area contributed by atoms with E-state index in [1.54, 1.807) is 0 Å². The second-order valence-electron chi connectivity index (χ2n) is 3.04. The second kappa shape index (κ2) is 3.75. The highest BCUT2D eigenvalue weighted by molar-refractivity contribution is 6.07. The van der Waals surface area contributed by atoms with E-state index in [0.717, 1.165) is 4.90 Å². The molecule has 14 heavy (non-hydrogen) atoms. The highest BCUT2D eigenvalue weighted by Crippen LogP contribution is 2.18. The normalized spacial score (nSPS) is 24.1. The van der Waals surface area contributed by atoms with Gasteiger partial charge < -0.3 is 9.84 Å². The topological polar surface area (TPSA) is 83.9 Å². The van der Waals surface area contributed by atoms with E-state index in [9.17, 15) is 14.4 Å². The van der Waals surface area contributed by atoms with E-state index in [1.165, 1.54) is 14.0 Å². The SMILES string of the molecule is COC1CC(=O)N([C@@H](C)C(=O)O)C1=O. The zero-order chi connectivity index (χ0) is 10.9. The molecule has 2 amide bonds. The van der Waals surface area contributed by atoms with Gasteiger partial charge in [0.05, 0.1) is 6.42 Å². The molecule has 0 aromatic heterocycles. The molecule has 6 heteroatoms. The van der Waals surface area contributed by atoms with Gasteiger partial charge >= 0.3 is 5.97 Å². The van der Waals surface area contributed by atoms with Crippen molar-refractivity contribution in [1.29, 1.82) is 0 Å². The molecule has 0 bridgehead atoms. The monoisotopic (exact) mass is 201 g/mol. The summed E-state index contributed by atoms with van der Waals surface area (Å²) in [5, 5.41) is 8.65. The van der Waals surface area contributed by atoms with Gasteiger partial charge in [-0.3, -0.25) is 14.5 Å². The number of amides is 2.